The highest BCUT2D eigenvalue weighted by Gasteiger charge is 2.06. The van der Waals surface area contributed by atoms with E-state index < -0.39 is 0 Å². The van der Waals surface area contributed by atoms with Crippen molar-refractivity contribution in [2.75, 3.05) is 0 Å². The number of nitrogens with zero attached hydrogens (tertiary/aromatic N) is 1. The lowest BCUT2D eigenvalue weighted by atomic mass is 10.2. The zero-order chi connectivity index (χ0) is 11.2. The van der Waals surface area contributed by atoms with Gasteiger partial charge in [0.15, 0.2) is 0 Å². The molecule has 0 saturated carbocycles. The van der Waals surface area contributed by atoms with Crippen LogP contribution in [0.2, 0.25) is 0 Å². The topological polar surface area (TPSA) is 30.0 Å². The van der Waals surface area contributed by atoms with Crippen molar-refractivity contribution in [1.82, 2.24) is 4.98 Å². The Balaban J connectivity index is 1.95. The van der Waals surface area contributed by atoms with Crippen molar-refractivity contribution < 1.29 is 4.79 Å². The van der Waals surface area contributed by atoms with Crippen LogP contribution in [0.5, 0.6) is 0 Å². The smallest absolute Gasteiger partial charge is 0.238 e. The van der Waals surface area contributed by atoms with Crippen LogP contribution in [-0.4, -0.2) is 10.1 Å². The third-order valence-electron chi connectivity index (χ3n) is 2.09. The lowest BCUT2D eigenvalue weighted by Gasteiger charge is -2.00. The van der Waals surface area contributed by atoms with Gasteiger partial charge < -0.3 is 0 Å². The molecule has 1 aromatic carbocycles. The summed E-state index contributed by atoms with van der Waals surface area (Å²) in [5.74, 6) is 0.691. The number of rotatable bonds is 3. The van der Waals surface area contributed by atoms with Gasteiger partial charge in [0.1, 0.15) is 5.69 Å². The third kappa shape index (κ3) is 2.94. The summed E-state index contributed by atoms with van der Waals surface area (Å²) in [5, 5.41) is 0.0180. The van der Waals surface area contributed by atoms with Gasteiger partial charge in [-0.3, -0.25) is 9.78 Å². The number of benzene rings is 1. The largest absolute Gasteiger partial charge is 0.280 e. The van der Waals surface area contributed by atoms with Gasteiger partial charge in [-0.15, -0.1) is 0 Å². The Morgan fingerprint density at radius 1 is 1.06 bits per heavy atom. The van der Waals surface area contributed by atoms with Crippen molar-refractivity contribution in [2.24, 2.45) is 0 Å². The molecular weight excluding hydrogens is 218 g/mol. The Hall–Kier alpha value is -1.61. The molecule has 0 unspecified atom stereocenters. The van der Waals surface area contributed by atoms with Crippen molar-refractivity contribution in [2.45, 2.75) is 5.75 Å². The van der Waals surface area contributed by atoms with Crippen molar-refractivity contribution >= 4 is 16.9 Å². The molecule has 0 atom stereocenters. The normalized spacial score (nSPS) is 10.0. The molecule has 2 aromatic rings. The fraction of sp³-hybridized carbons (Fsp3) is 0.0769. The first-order valence-electron chi connectivity index (χ1n) is 4.98. The van der Waals surface area contributed by atoms with E-state index in [1.54, 1.807) is 18.3 Å². The summed E-state index contributed by atoms with van der Waals surface area (Å²) in [6.07, 6.45) is 1.64. The van der Waals surface area contributed by atoms with E-state index in [0.717, 1.165) is 5.56 Å². The number of hydrogen-bond acceptors (Lipinski definition) is 3. The second-order valence-corrected chi connectivity index (χ2v) is 4.22. The highest BCUT2D eigenvalue weighted by molar-refractivity contribution is 8.13. The molecule has 3 heteroatoms. The van der Waals surface area contributed by atoms with E-state index in [2.05, 4.69) is 4.98 Å². The van der Waals surface area contributed by atoms with Crippen LogP contribution >= 0.6 is 11.8 Å². The molecule has 0 aliphatic heterocycles. The molecule has 0 aliphatic rings. The molecule has 0 saturated heterocycles. The van der Waals surface area contributed by atoms with Crippen LogP contribution in [0.3, 0.4) is 0 Å². The third-order valence-corrected chi connectivity index (χ3v) is 3.04. The molecule has 2 nitrogen and oxygen atoms in total. The summed E-state index contributed by atoms with van der Waals surface area (Å²) < 4.78 is 0. The second kappa shape index (κ2) is 5.47. The van der Waals surface area contributed by atoms with Crippen LogP contribution in [-0.2, 0) is 5.75 Å². The lowest BCUT2D eigenvalue weighted by Crippen LogP contribution is -1.96. The van der Waals surface area contributed by atoms with Gasteiger partial charge in [-0.25, -0.2) is 0 Å². The van der Waals surface area contributed by atoms with Gasteiger partial charge in [0.05, 0.1) is 0 Å². The minimum Gasteiger partial charge on any atom is -0.280 e. The SMILES string of the molecule is O=C(SCc1ccccc1)c1ccccn1. The Labute approximate surface area is 98.7 Å². The molecule has 0 bridgehead atoms. The highest BCUT2D eigenvalue weighted by Crippen LogP contribution is 2.16. The van der Waals surface area contributed by atoms with Crippen LogP contribution in [0.1, 0.15) is 16.1 Å². The maximum atomic E-state index is 11.7. The van der Waals surface area contributed by atoms with E-state index in [0.29, 0.717) is 11.4 Å². The molecule has 0 aliphatic carbocycles. The van der Waals surface area contributed by atoms with E-state index in [1.165, 1.54) is 11.8 Å². The predicted octanol–water partition coefficient (Wildman–Crippen LogP) is 3.16. The monoisotopic (exact) mass is 229 g/mol. The second-order valence-electron chi connectivity index (χ2n) is 3.28. The molecule has 2 rings (SSSR count). The summed E-state index contributed by atoms with van der Waals surface area (Å²) in [7, 11) is 0. The van der Waals surface area contributed by atoms with Gasteiger partial charge in [0.2, 0.25) is 5.12 Å². The fourth-order valence-electron chi connectivity index (χ4n) is 1.28. The molecule has 0 radical (unpaired) electrons. The highest BCUT2D eigenvalue weighted by atomic mass is 32.2. The minimum atomic E-state index is 0.0180. The summed E-state index contributed by atoms with van der Waals surface area (Å²) in [4.78, 5) is 15.7. The van der Waals surface area contributed by atoms with Crippen molar-refractivity contribution in [3.8, 4) is 0 Å². The Morgan fingerprint density at radius 2 is 1.81 bits per heavy atom. The average molecular weight is 229 g/mol. The first kappa shape index (κ1) is 10.9. The zero-order valence-electron chi connectivity index (χ0n) is 8.67. The minimum absolute atomic E-state index is 0.0180. The Morgan fingerprint density at radius 3 is 2.50 bits per heavy atom. The maximum absolute atomic E-state index is 11.7. The van der Waals surface area contributed by atoms with E-state index in [-0.39, 0.29) is 5.12 Å². The molecule has 16 heavy (non-hydrogen) atoms. The van der Waals surface area contributed by atoms with Crippen LogP contribution in [0, 0.1) is 0 Å². The molecule has 0 N–H and O–H groups in total. The number of hydrogen-bond donors (Lipinski definition) is 0. The summed E-state index contributed by atoms with van der Waals surface area (Å²) in [6, 6.07) is 15.3. The van der Waals surface area contributed by atoms with Gasteiger partial charge in [-0.1, -0.05) is 48.2 Å². The van der Waals surface area contributed by atoms with E-state index in [1.807, 2.05) is 36.4 Å². The van der Waals surface area contributed by atoms with E-state index >= 15 is 0 Å². The molecule has 0 spiro atoms. The van der Waals surface area contributed by atoms with Crippen LogP contribution in [0.25, 0.3) is 0 Å². The van der Waals surface area contributed by atoms with Gasteiger partial charge in [-0.2, -0.15) is 0 Å². The summed E-state index contributed by atoms with van der Waals surface area (Å²) in [6.45, 7) is 0. The molecule has 0 amide bonds. The first-order chi connectivity index (χ1) is 7.86. The molecule has 80 valence electrons. The Kier molecular flexibility index (Phi) is 3.72. The summed E-state index contributed by atoms with van der Waals surface area (Å²) in [5.41, 5.74) is 1.67. The first-order valence-corrected chi connectivity index (χ1v) is 5.97. The van der Waals surface area contributed by atoms with Crippen molar-refractivity contribution in [3.63, 3.8) is 0 Å². The van der Waals surface area contributed by atoms with Crippen molar-refractivity contribution in [3.05, 3.63) is 66.0 Å². The van der Waals surface area contributed by atoms with Gasteiger partial charge in [-0.05, 0) is 17.7 Å². The predicted molar refractivity (Wildman–Crippen MR) is 66.3 cm³/mol. The van der Waals surface area contributed by atoms with Crippen LogP contribution in [0.4, 0.5) is 0 Å². The number of carbonyl (C=O) groups excluding carboxylic acids is 1. The number of pyridine rings is 1. The number of aromatic nitrogens is 1. The molecular formula is C13H11NOS. The van der Waals surface area contributed by atoms with Gasteiger partial charge in [0, 0.05) is 11.9 Å². The van der Waals surface area contributed by atoms with E-state index in [9.17, 15) is 4.79 Å². The molecule has 0 fully saturated rings. The van der Waals surface area contributed by atoms with Gasteiger partial charge in [0.25, 0.3) is 0 Å². The Bertz CT molecular complexity index is 456. The average Bonchev–Trinajstić information content (AvgIpc) is 2.38. The fourth-order valence-corrected chi connectivity index (χ4v) is 2.04. The van der Waals surface area contributed by atoms with Gasteiger partial charge >= 0.3 is 0 Å². The quantitative estimate of drug-likeness (QED) is 0.809. The molecule has 1 aromatic heterocycles. The lowest BCUT2D eigenvalue weighted by molar-refractivity contribution is 0.108. The van der Waals surface area contributed by atoms with Crippen molar-refractivity contribution in [1.29, 1.82) is 0 Å². The molecule has 1 heterocycles. The van der Waals surface area contributed by atoms with E-state index in [4.69, 9.17) is 0 Å². The summed E-state index contributed by atoms with van der Waals surface area (Å²) >= 11 is 1.28. The number of carbonyl (C=O) groups is 1. The maximum Gasteiger partial charge on any atom is 0.238 e. The van der Waals surface area contributed by atoms with Crippen LogP contribution in [0.15, 0.2) is 54.7 Å². The zero-order valence-corrected chi connectivity index (χ0v) is 9.48. The number of thioether (sulfide) groups is 1. The van der Waals surface area contributed by atoms with Crippen LogP contribution < -0.4 is 0 Å². The standard InChI is InChI=1S/C13H11NOS/c15-13(12-8-4-5-9-14-12)16-10-11-6-2-1-3-7-11/h1-9H,10H2.